The van der Waals surface area contributed by atoms with Gasteiger partial charge >= 0.3 is 0 Å². The third-order valence-corrected chi connectivity index (χ3v) is 5.75. The summed E-state index contributed by atoms with van der Waals surface area (Å²) >= 11 is 0. The molecule has 1 fully saturated rings. The molecule has 5 heteroatoms. The fourth-order valence-corrected chi connectivity index (χ4v) is 4.63. The molecule has 1 aliphatic carbocycles. The molecular formula is C16H26N2O2S. The molecule has 118 valence electrons. The largest absolute Gasteiger partial charge is 0.326 e. The van der Waals surface area contributed by atoms with E-state index in [1.54, 1.807) is 0 Å². The van der Waals surface area contributed by atoms with Crippen molar-refractivity contribution < 1.29 is 8.42 Å². The van der Waals surface area contributed by atoms with Crippen LogP contribution < -0.4 is 10.5 Å². The summed E-state index contributed by atoms with van der Waals surface area (Å²) in [5, 5.41) is 0. The summed E-state index contributed by atoms with van der Waals surface area (Å²) in [6.45, 7) is 4.85. The zero-order valence-corrected chi connectivity index (χ0v) is 13.7. The van der Waals surface area contributed by atoms with Gasteiger partial charge in [-0.3, -0.25) is 0 Å². The van der Waals surface area contributed by atoms with E-state index in [-0.39, 0.29) is 11.8 Å². The zero-order valence-electron chi connectivity index (χ0n) is 12.9. The van der Waals surface area contributed by atoms with E-state index in [0.29, 0.717) is 18.4 Å². The van der Waals surface area contributed by atoms with Crippen LogP contribution in [0.3, 0.4) is 0 Å². The highest BCUT2D eigenvalue weighted by atomic mass is 32.2. The molecule has 21 heavy (non-hydrogen) atoms. The summed E-state index contributed by atoms with van der Waals surface area (Å²) in [5.41, 5.74) is 7.36. The summed E-state index contributed by atoms with van der Waals surface area (Å²) in [6.07, 6.45) is 3.13. The first-order chi connectivity index (χ1) is 9.89. The Labute approximate surface area is 128 Å². The van der Waals surface area contributed by atoms with Gasteiger partial charge in [0, 0.05) is 12.6 Å². The first-order valence-electron chi connectivity index (χ1n) is 7.67. The van der Waals surface area contributed by atoms with Gasteiger partial charge < -0.3 is 5.73 Å². The van der Waals surface area contributed by atoms with Crippen LogP contribution in [0.25, 0.3) is 0 Å². The van der Waals surface area contributed by atoms with E-state index in [2.05, 4.69) is 18.6 Å². The molecule has 0 spiro atoms. The van der Waals surface area contributed by atoms with Gasteiger partial charge in [-0.1, -0.05) is 38.1 Å². The highest BCUT2D eigenvalue weighted by Crippen LogP contribution is 2.29. The smallest absolute Gasteiger partial charge is 0.216 e. The van der Waals surface area contributed by atoms with Crippen molar-refractivity contribution in [3.63, 3.8) is 0 Å². The summed E-state index contributed by atoms with van der Waals surface area (Å²) in [4.78, 5) is 0. The molecule has 1 aromatic rings. The molecule has 1 saturated carbocycles. The Morgan fingerprint density at radius 3 is 2.33 bits per heavy atom. The molecule has 0 radical (unpaired) electrons. The number of sulfonamides is 1. The lowest BCUT2D eigenvalue weighted by Crippen LogP contribution is -2.42. The van der Waals surface area contributed by atoms with Gasteiger partial charge in [0.15, 0.2) is 0 Å². The Hall–Kier alpha value is -0.910. The molecule has 4 nitrogen and oxygen atoms in total. The molecule has 0 saturated heterocycles. The Morgan fingerprint density at radius 2 is 1.76 bits per heavy atom. The SMILES string of the molecule is CC1CCC(NS(=O)(=O)Cc2ccc(CN)cc2)C(C)C1. The van der Waals surface area contributed by atoms with Gasteiger partial charge in [-0.05, 0) is 42.2 Å². The lowest BCUT2D eigenvalue weighted by molar-refractivity contribution is 0.249. The molecule has 3 atom stereocenters. The molecule has 0 bridgehead atoms. The number of hydrogen-bond acceptors (Lipinski definition) is 3. The predicted octanol–water partition coefficient (Wildman–Crippen LogP) is 2.39. The molecule has 1 aromatic carbocycles. The number of rotatable bonds is 5. The fourth-order valence-electron chi connectivity index (χ4n) is 3.10. The average Bonchev–Trinajstić information content (AvgIpc) is 2.42. The van der Waals surface area contributed by atoms with E-state index >= 15 is 0 Å². The van der Waals surface area contributed by atoms with Crippen molar-refractivity contribution in [2.75, 3.05) is 0 Å². The van der Waals surface area contributed by atoms with E-state index in [0.717, 1.165) is 30.4 Å². The van der Waals surface area contributed by atoms with Crippen LogP contribution in [0.15, 0.2) is 24.3 Å². The van der Waals surface area contributed by atoms with Gasteiger partial charge in [-0.2, -0.15) is 0 Å². The zero-order chi connectivity index (χ0) is 15.5. The maximum absolute atomic E-state index is 12.3. The van der Waals surface area contributed by atoms with Crippen LogP contribution >= 0.6 is 0 Å². The Balaban J connectivity index is 1.98. The van der Waals surface area contributed by atoms with Crippen molar-refractivity contribution in [1.29, 1.82) is 0 Å². The second-order valence-corrected chi connectivity index (χ2v) is 8.15. The number of hydrogen-bond donors (Lipinski definition) is 2. The number of nitrogens with one attached hydrogen (secondary N) is 1. The third-order valence-electron chi connectivity index (χ3n) is 4.38. The maximum atomic E-state index is 12.3. The van der Waals surface area contributed by atoms with Crippen LogP contribution in [0.4, 0.5) is 0 Å². The van der Waals surface area contributed by atoms with E-state index < -0.39 is 10.0 Å². The first-order valence-corrected chi connectivity index (χ1v) is 9.32. The van der Waals surface area contributed by atoms with E-state index in [9.17, 15) is 8.42 Å². The second-order valence-electron chi connectivity index (χ2n) is 6.40. The van der Waals surface area contributed by atoms with Crippen molar-refractivity contribution in [3.05, 3.63) is 35.4 Å². The van der Waals surface area contributed by atoms with E-state index in [4.69, 9.17) is 5.73 Å². The molecule has 0 amide bonds. The minimum atomic E-state index is -3.29. The number of benzene rings is 1. The molecule has 0 aromatic heterocycles. The molecule has 2 rings (SSSR count). The van der Waals surface area contributed by atoms with Crippen LogP contribution in [0.5, 0.6) is 0 Å². The summed E-state index contributed by atoms with van der Waals surface area (Å²) in [5.74, 6) is 1.14. The molecule has 1 aliphatic rings. The Kier molecular flexibility index (Phi) is 5.41. The average molecular weight is 310 g/mol. The van der Waals surface area contributed by atoms with Crippen molar-refractivity contribution in [2.24, 2.45) is 17.6 Å². The molecular weight excluding hydrogens is 284 g/mol. The van der Waals surface area contributed by atoms with E-state index in [1.807, 2.05) is 24.3 Å². The van der Waals surface area contributed by atoms with E-state index in [1.165, 1.54) is 0 Å². The van der Waals surface area contributed by atoms with Crippen LogP contribution in [0.1, 0.15) is 44.2 Å². The molecule has 0 heterocycles. The minimum Gasteiger partial charge on any atom is -0.326 e. The minimum absolute atomic E-state index is 0.0383. The molecule has 3 N–H and O–H groups in total. The lowest BCUT2D eigenvalue weighted by atomic mass is 9.80. The fraction of sp³-hybridized carbons (Fsp3) is 0.625. The predicted molar refractivity (Wildman–Crippen MR) is 86.1 cm³/mol. The normalized spacial score (nSPS) is 26.7. The standard InChI is InChI=1S/C16H26N2O2S/c1-12-3-8-16(13(2)9-12)18-21(19,20)11-15-6-4-14(10-17)5-7-15/h4-7,12-13,16,18H,3,8-11,17H2,1-2H3. The Morgan fingerprint density at radius 1 is 1.14 bits per heavy atom. The first kappa shape index (κ1) is 16.5. The van der Waals surface area contributed by atoms with Gasteiger partial charge in [-0.25, -0.2) is 13.1 Å². The second kappa shape index (κ2) is 6.90. The van der Waals surface area contributed by atoms with Gasteiger partial charge in [0.25, 0.3) is 0 Å². The van der Waals surface area contributed by atoms with Crippen LogP contribution in [-0.2, 0) is 22.3 Å². The Bertz CT molecular complexity index is 554. The highest BCUT2D eigenvalue weighted by Gasteiger charge is 2.28. The quantitative estimate of drug-likeness (QED) is 0.877. The topological polar surface area (TPSA) is 72.2 Å². The molecule has 3 unspecified atom stereocenters. The number of nitrogens with two attached hydrogens (primary N) is 1. The highest BCUT2D eigenvalue weighted by molar-refractivity contribution is 7.88. The van der Waals surface area contributed by atoms with Gasteiger partial charge in [0.1, 0.15) is 0 Å². The van der Waals surface area contributed by atoms with Crippen molar-refractivity contribution in [3.8, 4) is 0 Å². The van der Waals surface area contributed by atoms with Gasteiger partial charge in [0.05, 0.1) is 5.75 Å². The van der Waals surface area contributed by atoms with Crippen LogP contribution in [0, 0.1) is 11.8 Å². The van der Waals surface area contributed by atoms with Crippen molar-refractivity contribution >= 4 is 10.0 Å². The van der Waals surface area contributed by atoms with Crippen LogP contribution in [0.2, 0.25) is 0 Å². The van der Waals surface area contributed by atoms with Crippen LogP contribution in [-0.4, -0.2) is 14.5 Å². The molecule has 0 aliphatic heterocycles. The van der Waals surface area contributed by atoms with Crippen molar-refractivity contribution in [2.45, 2.75) is 51.4 Å². The van der Waals surface area contributed by atoms with Crippen molar-refractivity contribution in [1.82, 2.24) is 4.72 Å². The van der Waals surface area contributed by atoms with Gasteiger partial charge in [0.2, 0.25) is 10.0 Å². The maximum Gasteiger partial charge on any atom is 0.216 e. The monoisotopic (exact) mass is 310 g/mol. The van der Waals surface area contributed by atoms with Gasteiger partial charge in [-0.15, -0.1) is 0 Å². The lowest BCUT2D eigenvalue weighted by Gasteiger charge is -2.32. The summed E-state index contributed by atoms with van der Waals surface area (Å²) in [7, 11) is -3.29. The summed E-state index contributed by atoms with van der Waals surface area (Å²) < 4.78 is 27.5. The third kappa shape index (κ3) is 4.80. The summed E-state index contributed by atoms with van der Waals surface area (Å²) in [6, 6.07) is 7.53.